The van der Waals surface area contributed by atoms with Crippen LogP contribution in [0.15, 0.2) is 59.5 Å². The summed E-state index contributed by atoms with van der Waals surface area (Å²) in [5, 5.41) is 2.93. The molecular formula is C16H17N3O4S2. The maximum Gasteiger partial charge on any atom is 0.338 e. The van der Waals surface area contributed by atoms with E-state index in [9.17, 15) is 13.2 Å². The van der Waals surface area contributed by atoms with E-state index in [0.29, 0.717) is 0 Å². The molecule has 0 saturated heterocycles. The van der Waals surface area contributed by atoms with Crippen molar-refractivity contribution >= 4 is 39.0 Å². The Morgan fingerprint density at radius 1 is 1.08 bits per heavy atom. The van der Waals surface area contributed by atoms with E-state index in [1.165, 1.54) is 24.3 Å². The summed E-state index contributed by atoms with van der Waals surface area (Å²) in [6.45, 7) is 1.94. The van der Waals surface area contributed by atoms with Gasteiger partial charge in [0.25, 0.3) is 10.0 Å². The summed E-state index contributed by atoms with van der Waals surface area (Å²) in [5.74, 6) is -0.509. The maximum atomic E-state index is 12.2. The normalized spacial score (nSPS) is 10.8. The van der Waals surface area contributed by atoms with Gasteiger partial charge in [-0.05, 0) is 55.5 Å². The topological polar surface area (TPSA) is 96.5 Å². The van der Waals surface area contributed by atoms with Crippen LogP contribution < -0.4 is 15.6 Å². The molecule has 0 atom stereocenters. The molecule has 0 saturated carbocycles. The van der Waals surface area contributed by atoms with Crippen LogP contribution in [-0.2, 0) is 14.8 Å². The van der Waals surface area contributed by atoms with Gasteiger partial charge in [-0.2, -0.15) is 0 Å². The molecule has 0 spiro atoms. The molecule has 0 heterocycles. The fourth-order valence-corrected chi connectivity index (χ4v) is 2.92. The van der Waals surface area contributed by atoms with Crippen molar-refractivity contribution in [2.75, 3.05) is 11.9 Å². The van der Waals surface area contributed by atoms with Gasteiger partial charge in [-0.25, -0.2) is 13.2 Å². The molecule has 0 aromatic heterocycles. The minimum atomic E-state index is -3.84. The van der Waals surface area contributed by atoms with Crippen molar-refractivity contribution in [1.82, 2.24) is 10.3 Å². The molecular weight excluding hydrogens is 362 g/mol. The fourth-order valence-electron chi connectivity index (χ4n) is 1.84. The van der Waals surface area contributed by atoms with Crippen molar-refractivity contribution in [3.8, 4) is 0 Å². The Morgan fingerprint density at radius 3 is 2.32 bits per heavy atom. The molecule has 2 aromatic carbocycles. The van der Waals surface area contributed by atoms with Crippen molar-refractivity contribution < 1.29 is 17.9 Å². The van der Waals surface area contributed by atoms with Crippen molar-refractivity contribution in [2.24, 2.45) is 0 Å². The quantitative estimate of drug-likeness (QED) is 0.401. The Hall–Kier alpha value is -2.49. The van der Waals surface area contributed by atoms with Gasteiger partial charge in [-0.1, -0.05) is 18.2 Å². The number of rotatable bonds is 6. The zero-order chi connectivity index (χ0) is 18.3. The standard InChI is InChI=1S/C16H17N3O4S2/c1-2-23-15(20)12-8-10-14(11-9-12)25(21,22)19-18-16(24)17-13-6-4-3-5-7-13/h3-11,19H,2H2,1H3,(H2,17,18,24). The molecule has 0 aliphatic carbocycles. The Bertz CT molecular complexity index is 837. The van der Waals surface area contributed by atoms with Gasteiger partial charge in [-0.15, -0.1) is 4.83 Å². The lowest BCUT2D eigenvalue weighted by Gasteiger charge is -2.12. The molecule has 0 unspecified atom stereocenters. The number of sulfonamides is 1. The molecule has 9 heteroatoms. The largest absolute Gasteiger partial charge is 0.462 e. The van der Waals surface area contributed by atoms with Gasteiger partial charge in [0.1, 0.15) is 0 Å². The van der Waals surface area contributed by atoms with Crippen LogP contribution in [-0.4, -0.2) is 26.1 Å². The molecule has 0 amide bonds. The molecule has 0 bridgehead atoms. The number of para-hydroxylation sites is 1. The third kappa shape index (κ3) is 5.52. The summed E-state index contributed by atoms with van der Waals surface area (Å²) in [5.41, 5.74) is 3.41. The average molecular weight is 379 g/mol. The number of carbonyl (C=O) groups is 1. The third-order valence-corrected chi connectivity index (χ3v) is 4.47. The van der Waals surface area contributed by atoms with Crippen molar-refractivity contribution in [3.63, 3.8) is 0 Å². The van der Waals surface area contributed by atoms with Crippen LogP contribution in [0.25, 0.3) is 0 Å². The van der Waals surface area contributed by atoms with Gasteiger partial charge in [-0.3, -0.25) is 5.43 Å². The monoisotopic (exact) mass is 379 g/mol. The first kappa shape index (κ1) is 18.8. The molecule has 7 nitrogen and oxygen atoms in total. The second-order valence-corrected chi connectivity index (χ2v) is 6.89. The SMILES string of the molecule is CCOC(=O)c1ccc(S(=O)(=O)NNC(=S)Nc2ccccc2)cc1. The molecule has 0 fully saturated rings. The first-order valence-corrected chi connectivity index (χ1v) is 9.22. The highest BCUT2D eigenvalue weighted by molar-refractivity contribution is 7.89. The molecule has 0 aliphatic heterocycles. The number of ether oxygens (including phenoxy) is 1. The number of nitrogens with one attached hydrogen (secondary N) is 3. The van der Waals surface area contributed by atoms with Crippen LogP contribution in [0.5, 0.6) is 0 Å². The van der Waals surface area contributed by atoms with Gasteiger partial charge < -0.3 is 10.1 Å². The lowest BCUT2D eigenvalue weighted by atomic mass is 10.2. The van der Waals surface area contributed by atoms with Crippen LogP contribution in [0.3, 0.4) is 0 Å². The molecule has 0 radical (unpaired) electrons. The second kappa shape index (κ2) is 8.56. The Labute approximate surface area is 151 Å². The summed E-state index contributed by atoms with van der Waals surface area (Å²) < 4.78 is 29.3. The van der Waals surface area contributed by atoms with E-state index in [2.05, 4.69) is 15.6 Å². The maximum absolute atomic E-state index is 12.2. The third-order valence-electron chi connectivity index (χ3n) is 3.01. The van der Waals surface area contributed by atoms with Gasteiger partial charge in [0, 0.05) is 5.69 Å². The van der Waals surface area contributed by atoms with Crippen LogP contribution >= 0.6 is 12.2 Å². The minimum absolute atomic E-state index is 0.0180. The fraction of sp³-hybridized carbons (Fsp3) is 0.125. The molecule has 0 aliphatic rings. The van der Waals surface area contributed by atoms with Crippen molar-refractivity contribution in [2.45, 2.75) is 11.8 Å². The minimum Gasteiger partial charge on any atom is -0.462 e. The first-order chi connectivity index (χ1) is 11.9. The van der Waals surface area contributed by atoms with Crippen LogP contribution in [0.4, 0.5) is 5.69 Å². The molecule has 2 rings (SSSR count). The summed E-state index contributed by atoms with van der Waals surface area (Å²) >= 11 is 5.03. The van der Waals surface area contributed by atoms with Gasteiger partial charge in [0.05, 0.1) is 17.1 Å². The van der Waals surface area contributed by atoms with Crippen LogP contribution in [0.1, 0.15) is 17.3 Å². The highest BCUT2D eigenvalue weighted by atomic mass is 32.2. The van der Waals surface area contributed by atoms with Gasteiger partial charge in [0.2, 0.25) is 0 Å². The number of carbonyl (C=O) groups excluding carboxylic acids is 1. The molecule has 132 valence electrons. The van der Waals surface area contributed by atoms with E-state index in [0.717, 1.165) is 5.69 Å². The number of hydrazine groups is 1. The molecule has 2 aromatic rings. The average Bonchev–Trinajstić information content (AvgIpc) is 2.61. The Kier molecular flexibility index (Phi) is 6.45. The summed E-state index contributed by atoms with van der Waals surface area (Å²) in [7, 11) is -3.84. The predicted molar refractivity (Wildman–Crippen MR) is 98.5 cm³/mol. The zero-order valence-corrected chi connectivity index (χ0v) is 15.0. The Balaban J connectivity index is 1.97. The second-order valence-electron chi connectivity index (χ2n) is 4.80. The van der Waals surface area contributed by atoms with E-state index in [-0.39, 0.29) is 22.2 Å². The van der Waals surface area contributed by atoms with Crippen molar-refractivity contribution in [1.29, 1.82) is 0 Å². The van der Waals surface area contributed by atoms with E-state index in [1.54, 1.807) is 19.1 Å². The number of anilines is 1. The van der Waals surface area contributed by atoms with Crippen molar-refractivity contribution in [3.05, 3.63) is 60.2 Å². The Morgan fingerprint density at radius 2 is 1.72 bits per heavy atom. The highest BCUT2D eigenvalue weighted by Gasteiger charge is 2.15. The van der Waals surface area contributed by atoms with Crippen LogP contribution in [0, 0.1) is 0 Å². The summed E-state index contributed by atoms with van der Waals surface area (Å²) in [6, 6.07) is 14.5. The predicted octanol–water partition coefficient (Wildman–Crippen LogP) is 2.04. The highest BCUT2D eigenvalue weighted by Crippen LogP contribution is 2.11. The lowest BCUT2D eigenvalue weighted by Crippen LogP contribution is -2.43. The first-order valence-electron chi connectivity index (χ1n) is 7.33. The number of esters is 1. The van der Waals surface area contributed by atoms with Gasteiger partial charge in [0.15, 0.2) is 5.11 Å². The van der Waals surface area contributed by atoms with E-state index in [4.69, 9.17) is 17.0 Å². The lowest BCUT2D eigenvalue weighted by molar-refractivity contribution is 0.0526. The van der Waals surface area contributed by atoms with E-state index >= 15 is 0 Å². The summed E-state index contributed by atoms with van der Waals surface area (Å²) in [4.78, 5) is 13.7. The number of hydrogen-bond donors (Lipinski definition) is 3. The smallest absolute Gasteiger partial charge is 0.338 e. The van der Waals surface area contributed by atoms with Crippen LogP contribution in [0.2, 0.25) is 0 Å². The summed E-state index contributed by atoms with van der Waals surface area (Å²) in [6.07, 6.45) is 0. The number of hydrogen-bond acceptors (Lipinski definition) is 5. The molecule has 3 N–H and O–H groups in total. The van der Waals surface area contributed by atoms with E-state index < -0.39 is 16.0 Å². The molecule has 25 heavy (non-hydrogen) atoms. The number of benzene rings is 2. The van der Waals surface area contributed by atoms with E-state index in [1.807, 2.05) is 18.2 Å². The number of thiocarbonyl (C=S) groups is 1. The zero-order valence-electron chi connectivity index (χ0n) is 13.4. The van der Waals surface area contributed by atoms with Gasteiger partial charge >= 0.3 is 5.97 Å².